The Kier molecular flexibility index (Phi) is 4.59. The van der Waals surface area contributed by atoms with Crippen molar-refractivity contribution in [3.63, 3.8) is 0 Å². The number of hydrogen-bond donors (Lipinski definition) is 0. The van der Waals surface area contributed by atoms with E-state index in [9.17, 15) is 9.00 Å². The fourth-order valence-electron chi connectivity index (χ4n) is 4.87. The molecule has 0 amide bonds. The third kappa shape index (κ3) is 3.12. The van der Waals surface area contributed by atoms with Crippen LogP contribution in [-0.4, -0.2) is 9.99 Å². The minimum absolute atomic E-state index is 0.0313. The van der Waals surface area contributed by atoms with E-state index >= 15 is 0 Å². The molecule has 2 aliphatic rings. The second-order valence-electron chi connectivity index (χ2n) is 7.97. The minimum Gasteiger partial charge on any atom is -0.460 e. The van der Waals surface area contributed by atoms with Gasteiger partial charge < -0.3 is 4.42 Å². The predicted molar refractivity (Wildman–Crippen MR) is 112 cm³/mol. The SMILES string of the molecule is Cc1ccc(S(=O)c2ccoc2C(=O)[C@@H]2[C@@H](c3ccccc3)[C@H]3C=C[C@@H]2C3)cc1. The van der Waals surface area contributed by atoms with Crippen molar-refractivity contribution in [1.29, 1.82) is 0 Å². The normalized spacial score (nSPS) is 26.0. The van der Waals surface area contributed by atoms with E-state index in [-0.39, 0.29) is 29.3 Å². The largest absolute Gasteiger partial charge is 0.460 e. The van der Waals surface area contributed by atoms with Crippen LogP contribution in [-0.2, 0) is 10.8 Å². The van der Waals surface area contributed by atoms with Crippen molar-refractivity contribution in [2.75, 3.05) is 0 Å². The second-order valence-corrected chi connectivity index (χ2v) is 9.42. The van der Waals surface area contributed by atoms with Crippen molar-refractivity contribution in [3.05, 3.63) is 96.0 Å². The monoisotopic (exact) mass is 402 g/mol. The Bertz CT molecular complexity index is 1090. The molecular formula is C25H22O3S. The Labute approximate surface area is 172 Å². The van der Waals surface area contributed by atoms with Crippen LogP contribution in [0.2, 0.25) is 0 Å². The number of fused-ring (bicyclic) bond motifs is 2. The molecule has 1 aromatic heterocycles. The summed E-state index contributed by atoms with van der Waals surface area (Å²) in [5, 5.41) is 0. The quantitative estimate of drug-likeness (QED) is 0.416. The highest BCUT2D eigenvalue weighted by molar-refractivity contribution is 7.85. The number of aryl methyl sites for hydroxylation is 1. The molecule has 0 spiro atoms. The van der Waals surface area contributed by atoms with Gasteiger partial charge in [-0.2, -0.15) is 0 Å². The van der Waals surface area contributed by atoms with Crippen molar-refractivity contribution >= 4 is 16.6 Å². The molecule has 1 heterocycles. The highest BCUT2D eigenvalue weighted by Gasteiger charge is 2.49. The molecular weight excluding hydrogens is 380 g/mol. The lowest BCUT2D eigenvalue weighted by molar-refractivity contribution is 0.0853. The number of benzene rings is 2. The molecule has 1 saturated carbocycles. The van der Waals surface area contributed by atoms with E-state index in [2.05, 4.69) is 24.3 Å². The van der Waals surface area contributed by atoms with E-state index < -0.39 is 10.8 Å². The lowest BCUT2D eigenvalue weighted by Gasteiger charge is -2.27. The third-order valence-electron chi connectivity index (χ3n) is 6.23. The van der Waals surface area contributed by atoms with Crippen LogP contribution in [0.5, 0.6) is 0 Å². The van der Waals surface area contributed by atoms with Crippen LogP contribution in [0.3, 0.4) is 0 Å². The van der Waals surface area contributed by atoms with E-state index in [0.717, 1.165) is 12.0 Å². The van der Waals surface area contributed by atoms with Gasteiger partial charge in [0.15, 0.2) is 5.76 Å². The van der Waals surface area contributed by atoms with Crippen LogP contribution in [0.25, 0.3) is 0 Å². The van der Waals surface area contributed by atoms with Gasteiger partial charge in [0.05, 0.1) is 22.0 Å². The summed E-state index contributed by atoms with van der Waals surface area (Å²) in [7, 11) is -1.45. The van der Waals surface area contributed by atoms with Crippen LogP contribution in [0.1, 0.15) is 34.0 Å². The zero-order chi connectivity index (χ0) is 20.0. The third-order valence-corrected chi connectivity index (χ3v) is 7.66. The lowest BCUT2D eigenvalue weighted by Crippen LogP contribution is -2.26. The Hall–Kier alpha value is -2.72. The molecule has 1 unspecified atom stereocenters. The van der Waals surface area contributed by atoms with Crippen molar-refractivity contribution in [2.24, 2.45) is 17.8 Å². The molecule has 0 aliphatic heterocycles. The summed E-state index contributed by atoms with van der Waals surface area (Å²) in [6, 6.07) is 19.5. The van der Waals surface area contributed by atoms with Crippen molar-refractivity contribution in [3.8, 4) is 0 Å². The van der Waals surface area contributed by atoms with Crippen LogP contribution < -0.4 is 0 Å². The van der Waals surface area contributed by atoms with Gasteiger partial charge >= 0.3 is 0 Å². The smallest absolute Gasteiger partial charge is 0.203 e. The number of ketones is 1. The molecule has 2 aromatic carbocycles. The first-order chi connectivity index (χ1) is 14.1. The lowest BCUT2D eigenvalue weighted by atomic mass is 9.76. The fourth-order valence-corrected chi connectivity index (χ4v) is 6.01. The van der Waals surface area contributed by atoms with Gasteiger partial charge in [-0.1, -0.05) is 60.2 Å². The molecule has 3 aromatic rings. The number of carbonyl (C=O) groups excluding carboxylic acids is 1. The van der Waals surface area contributed by atoms with Crippen LogP contribution in [0.4, 0.5) is 0 Å². The van der Waals surface area contributed by atoms with Gasteiger partial charge in [0.2, 0.25) is 5.78 Å². The maximum Gasteiger partial charge on any atom is 0.203 e. The summed E-state index contributed by atoms with van der Waals surface area (Å²) in [5.41, 5.74) is 2.30. The molecule has 5 rings (SSSR count). The molecule has 2 bridgehead atoms. The molecule has 2 aliphatic carbocycles. The highest BCUT2D eigenvalue weighted by Crippen LogP contribution is 2.54. The first-order valence-electron chi connectivity index (χ1n) is 9.97. The first-order valence-corrected chi connectivity index (χ1v) is 11.1. The zero-order valence-electron chi connectivity index (χ0n) is 16.2. The summed E-state index contributed by atoms with van der Waals surface area (Å²) < 4.78 is 18.8. The number of carbonyl (C=O) groups is 1. The van der Waals surface area contributed by atoms with Crippen molar-refractivity contribution in [1.82, 2.24) is 0 Å². The summed E-state index contributed by atoms with van der Waals surface area (Å²) in [4.78, 5) is 14.8. The first kappa shape index (κ1) is 18.3. The fraction of sp³-hybridized carbons (Fsp3) is 0.240. The van der Waals surface area contributed by atoms with Gasteiger partial charge in [0.25, 0.3) is 0 Å². The van der Waals surface area contributed by atoms with Crippen molar-refractivity contribution < 1.29 is 13.4 Å². The van der Waals surface area contributed by atoms with Gasteiger partial charge in [-0.05, 0) is 48.9 Å². The summed E-state index contributed by atoms with van der Waals surface area (Å²) in [6.07, 6.45) is 6.90. The molecule has 0 radical (unpaired) electrons. The molecule has 0 saturated heterocycles. The molecule has 5 atom stereocenters. The molecule has 3 nitrogen and oxygen atoms in total. The van der Waals surface area contributed by atoms with E-state index in [4.69, 9.17) is 4.42 Å². The Balaban J connectivity index is 1.50. The Morgan fingerprint density at radius 1 is 0.966 bits per heavy atom. The maximum absolute atomic E-state index is 13.6. The summed E-state index contributed by atoms with van der Waals surface area (Å²) >= 11 is 0. The zero-order valence-corrected chi connectivity index (χ0v) is 17.0. The summed E-state index contributed by atoms with van der Waals surface area (Å²) in [6.45, 7) is 1.99. The molecule has 1 fully saturated rings. The van der Waals surface area contributed by atoms with Gasteiger partial charge in [0.1, 0.15) is 0 Å². The van der Waals surface area contributed by atoms with Crippen LogP contribution >= 0.6 is 0 Å². The standard InChI is InChI=1S/C25H22O3S/c1-16-7-11-20(12-8-16)29(27)21-13-14-28-25(21)24(26)23-19-10-9-18(15-19)22(23)17-5-3-2-4-6-17/h2-14,18-19,22-23H,15H2,1H3/t18-,19+,22-,23-,29?/m0/s1. The number of hydrogen-bond acceptors (Lipinski definition) is 3. The molecule has 146 valence electrons. The topological polar surface area (TPSA) is 47.3 Å². The Morgan fingerprint density at radius 2 is 1.69 bits per heavy atom. The van der Waals surface area contributed by atoms with Crippen molar-refractivity contribution in [2.45, 2.75) is 29.1 Å². The minimum atomic E-state index is -1.45. The maximum atomic E-state index is 13.6. The van der Waals surface area contributed by atoms with E-state index in [1.54, 1.807) is 6.07 Å². The predicted octanol–water partition coefficient (Wildman–Crippen LogP) is 5.54. The highest BCUT2D eigenvalue weighted by atomic mass is 32.2. The molecule has 29 heavy (non-hydrogen) atoms. The molecule has 0 N–H and O–H groups in total. The van der Waals surface area contributed by atoms with Gasteiger partial charge in [0, 0.05) is 16.7 Å². The average Bonchev–Trinajstić information content (AvgIpc) is 3.49. The van der Waals surface area contributed by atoms with E-state index in [0.29, 0.717) is 15.7 Å². The Morgan fingerprint density at radius 3 is 2.45 bits per heavy atom. The summed E-state index contributed by atoms with van der Waals surface area (Å²) in [5.74, 6) is 0.768. The van der Waals surface area contributed by atoms with Gasteiger partial charge in [-0.25, -0.2) is 4.21 Å². The number of Topliss-reactive ketones (excluding diaryl/α,β-unsaturated/α-hetero) is 1. The average molecular weight is 403 g/mol. The number of furan rings is 1. The van der Waals surface area contributed by atoms with E-state index in [1.807, 2.05) is 49.4 Å². The molecule has 4 heteroatoms. The van der Waals surface area contributed by atoms with Gasteiger partial charge in [-0.15, -0.1) is 0 Å². The number of rotatable bonds is 5. The number of allylic oxidation sites excluding steroid dienone is 2. The van der Waals surface area contributed by atoms with E-state index in [1.165, 1.54) is 11.8 Å². The van der Waals surface area contributed by atoms with Crippen LogP contribution in [0.15, 0.2) is 93.3 Å². The van der Waals surface area contributed by atoms with Crippen LogP contribution in [0, 0.1) is 24.7 Å². The van der Waals surface area contributed by atoms with Gasteiger partial charge in [-0.3, -0.25) is 4.79 Å². The second kappa shape index (κ2) is 7.27.